The first kappa shape index (κ1) is 15.4. The van der Waals surface area contributed by atoms with Gasteiger partial charge in [0.1, 0.15) is 10.9 Å². The van der Waals surface area contributed by atoms with E-state index in [2.05, 4.69) is 0 Å². The molecule has 1 aromatic rings. The van der Waals surface area contributed by atoms with Gasteiger partial charge in [-0.15, -0.1) is 11.3 Å². The number of nitrogens with zero attached hydrogens (tertiary/aromatic N) is 2. The van der Waals surface area contributed by atoms with Crippen molar-refractivity contribution < 1.29 is 14.7 Å². The number of carboxylic acid groups (broad SMARTS) is 1. The standard InChI is InChI=1S/C13H8N2O3S3/c14-6-8(4-9-2-1-3-20-9)5-10-12(18)15(7-11(16)17)13(19)21-10/h1-5H,7H2,(H,16,17)/b8-4-,10-5-. The predicted octanol–water partition coefficient (Wildman–Crippen LogP) is 2.48. The summed E-state index contributed by atoms with van der Waals surface area (Å²) in [6, 6.07) is 5.72. The Balaban J connectivity index is 2.25. The van der Waals surface area contributed by atoms with Gasteiger partial charge < -0.3 is 5.11 Å². The number of allylic oxidation sites excluding steroid dienone is 2. The molecular weight excluding hydrogens is 328 g/mol. The van der Waals surface area contributed by atoms with Crippen molar-refractivity contribution in [1.29, 1.82) is 5.26 Å². The Morgan fingerprint density at radius 3 is 2.90 bits per heavy atom. The number of carbonyl (C=O) groups is 2. The first-order valence-electron chi connectivity index (χ1n) is 5.63. The minimum absolute atomic E-state index is 0.182. The summed E-state index contributed by atoms with van der Waals surface area (Å²) in [6.45, 7) is -0.474. The van der Waals surface area contributed by atoms with Crippen LogP contribution in [0.2, 0.25) is 0 Å². The summed E-state index contributed by atoms with van der Waals surface area (Å²) < 4.78 is 0.182. The van der Waals surface area contributed by atoms with Crippen LogP contribution in [0.4, 0.5) is 0 Å². The molecule has 1 N–H and O–H groups in total. The van der Waals surface area contributed by atoms with Gasteiger partial charge in [0, 0.05) is 4.88 Å². The van der Waals surface area contributed by atoms with Crippen LogP contribution in [0.1, 0.15) is 4.88 Å². The Morgan fingerprint density at radius 1 is 1.57 bits per heavy atom. The average Bonchev–Trinajstić information content (AvgIpc) is 3.02. The SMILES string of the molecule is N#CC(=C\c1cccs1)/C=C1\SC(=S)N(CC(=O)O)C1=O. The van der Waals surface area contributed by atoms with Gasteiger partial charge >= 0.3 is 5.97 Å². The first-order chi connectivity index (χ1) is 10.0. The van der Waals surface area contributed by atoms with Crippen LogP contribution in [0.25, 0.3) is 6.08 Å². The Hall–Kier alpha value is -1.95. The maximum Gasteiger partial charge on any atom is 0.323 e. The Bertz CT molecular complexity index is 699. The lowest BCUT2D eigenvalue weighted by Crippen LogP contribution is -2.33. The Kier molecular flexibility index (Phi) is 4.90. The van der Waals surface area contributed by atoms with Crippen LogP contribution in [0.5, 0.6) is 0 Å². The van der Waals surface area contributed by atoms with E-state index in [1.165, 1.54) is 17.4 Å². The molecule has 1 fully saturated rings. The predicted molar refractivity (Wildman–Crippen MR) is 85.5 cm³/mol. The van der Waals surface area contributed by atoms with E-state index >= 15 is 0 Å². The van der Waals surface area contributed by atoms with Crippen LogP contribution in [-0.4, -0.2) is 32.7 Å². The van der Waals surface area contributed by atoms with E-state index in [4.69, 9.17) is 22.6 Å². The van der Waals surface area contributed by atoms with Gasteiger partial charge in [-0.1, -0.05) is 30.0 Å². The third-order valence-electron chi connectivity index (χ3n) is 2.42. The number of carbonyl (C=O) groups excluding carboxylic acids is 1. The molecule has 21 heavy (non-hydrogen) atoms. The van der Waals surface area contributed by atoms with Gasteiger partial charge in [0.25, 0.3) is 5.91 Å². The molecule has 0 atom stereocenters. The van der Waals surface area contributed by atoms with Crippen molar-refractivity contribution in [2.45, 2.75) is 0 Å². The molecule has 1 aliphatic heterocycles. The molecule has 0 saturated carbocycles. The number of hydrogen-bond acceptors (Lipinski definition) is 6. The van der Waals surface area contributed by atoms with Crippen molar-refractivity contribution in [3.63, 3.8) is 0 Å². The second-order valence-electron chi connectivity index (χ2n) is 3.89. The van der Waals surface area contributed by atoms with Crippen molar-refractivity contribution in [3.8, 4) is 6.07 Å². The number of thioether (sulfide) groups is 1. The highest BCUT2D eigenvalue weighted by Gasteiger charge is 2.33. The van der Waals surface area contributed by atoms with Crippen molar-refractivity contribution in [1.82, 2.24) is 4.90 Å². The molecule has 0 aromatic carbocycles. The molecule has 0 aliphatic carbocycles. The molecule has 0 unspecified atom stereocenters. The molecule has 106 valence electrons. The van der Waals surface area contributed by atoms with Crippen LogP contribution in [0.15, 0.2) is 34.1 Å². The monoisotopic (exact) mass is 336 g/mol. The third kappa shape index (κ3) is 3.78. The fourth-order valence-corrected chi connectivity index (χ4v) is 3.46. The molecule has 0 bridgehead atoms. The lowest BCUT2D eigenvalue weighted by atomic mass is 10.2. The Morgan fingerprint density at radius 2 is 2.33 bits per heavy atom. The number of carboxylic acids is 1. The zero-order valence-electron chi connectivity index (χ0n) is 10.5. The highest BCUT2D eigenvalue weighted by Crippen LogP contribution is 2.31. The summed E-state index contributed by atoms with van der Waals surface area (Å²) in [5.74, 6) is -1.62. The molecule has 8 heteroatoms. The average molecular weight is 336 g/mol. The summed E-state index contributed by atoms with van der Waals surface area (Å²) >= 11 is 7.45. The van der Waals surface area contributed by atoms with E-state index in [1.54, 1.807) is 6.08 Å². The van der Waals surface area contributed by atoms with E-state index in [-0.39, 0.29) is 9.23 Å². The smallest absolute Gasteiger partial charge is 0.323 e. The summed E-state index contributed by atoms with van der Waals surface area (Å²) in [4.78, 5) is 24.9. The minimum Gasteiger partial charge on any atom is -0.480 e. The van der Waals surface area contributed by atoms with E-state index < -0.39 is 18.4 Å². The second-order valence-corrected chi connectivity index (χ2v) is 6.54. The number of nitriles is 1. The zero-order chi connectivity index (χ0) is 15.4. The molecule has 2 rings (SSSR count). The van der Waals surface area contributed by atoms with E-state index in [9.17, 15) is 9.59 Å². The molecule has 2 heterocycles. The van der Waals surface area contributed by atoms with Crippen molar-refractivity contribution >= 4 is 57.6 Å². The molecule has 0 radical (unpaired) electrons. The van der Waals surface area contributed by atoms with Crippen molar-refractivity contribution in [2.75, 3.05) is 6.54 Å². The topological polar surface area (TPSA) is 81.4 Å². The quantitative estimate of drug-likeness (QED) is 0.517. The normalized spacial score (nSPS) is 17.4. The van der Waals surface area contributed by atoms with Crippen molar-refractivity contribution in [3.05, 3.63) is 38.9 Å². The fourth-order valence-electron chi connectivity index (χ4n) is 1.55. The van der Waals surface area contributed by atoms with Crippen LogP contribution in [0.3, 0.4) is 0 Å². The van der Waals surface area contributed by atoms with Gasteiger partial charge in [-0.3, -0.25) is 14.5 Å². The number of hydrogen-bond donors (Lipinski definition) is 1. The van der Waals surface area contributed by atoms with Gasteiger partial charge in [-0.25, -0.2) is 0 Å². The summed E-state index contributed by atoms with van der Waals surface area (Å²) in [5, 5.41) is 19.8. The summed E-state index contributed by atoms with van der Waals surface area (Å²) in [5.41, 5.74) is 0.313. The van der Waals surface area contributed by atoms with Gasteiger partial charge in [-0.2, -0.15) is 5.26 Å². The minimum atomic E-state index is -1.14. The third-order valence-corrected chi connectivity index (χ3v) is 4.62. The molecule has 1 amide bonds. The van der Waals surface area contributed by atoms with Crippen LogP contribution in [0, 0.1) is 11.3 Å². The van der Waals surface area contributed by atoms with E-state index in [1.807, 2.05) is 23.6 Å². The Labute approximate surface area is 134 Å². The van der Waals surface area contributed by atoms with Gasteiger partial charge in [0.15, 0.2) is 0 Å². The van der Waals surface area contributed by atoms with Gasteiger partial charge in [0.05, 0.1) is 16.5 Å². The largest absolute Gasteiger partial charge is 0.480 e. The van der Waals surface area contributed by atoms with E-state index in [0.29, 0.717) is 5.57 Å². The first-order valence-corrected chi connectivity index (χ1v) is 7.74. The van der Waals surface area contributed by atoms with Crippen LogP contribution in [-0.2, 0) is 9.59 Å². The lowest BCUT2D eigenvalue weighted by Gasteiger charge is -2.10. The number of thiophene rings is 1. The molecule has 1 aromatic heterocycles. The molecule has 5 nitrogen and oxygen atoms in total. The fraction of sp³-hybridized carbons (Fsp3) is 0.0769. The van der Waals surface area contributed by atoms with Gasteiger partial charge in [0.2, 0.25) is 0 Å². The number of aliphatic carboxylic acids is 1. The highest BCUT2D eigenvalue weighted by molar-refractivity contribution is 8.26. The number of thiocarbonyl (C=S) groups is 1. The van der Waals surface area contributed by atoms with Crippen LogP contribution < -0.4 is 0 Å². The molecule has 1 saturated heterocycles. The number of rotatable bonds is 4. The summed E-state index contributed by atoms with van der Waals surface area (Å²) in [6.07, 6.45) is 3.09. The van der Waals surface area contributed by atoms with Crippen LogP contribution >= 0.6 is 35.3 Å². The maximum atomic E-state index is 12.1. The lowest BCUT2D eigenvalue weighted by molar-refractivity contribution is -0.140. The number of amides is 1. The molecule has 1 aliphatic rings. The highest BCUT2D eigenvalue weighted by atomic mass is 32.2. The molecular formula is C13H8N2O3S3. The zero-order valence-corrected chi connectivity index (χ0v) is 12.9. The van der Waals surface area contributed by atoms with E-state index in [0.717, 1.165) is 21.5 Å². The van der Waals surface area contributed by atoms with Crippen molar-refractivity contribution in [2.24, 2.45) is 0 Å². The summed E-state index contributed by atoms with van der Waals surface area (Å²) in [7, 11) is 0. The second kappa shape index (κ2) is 6.67. The van der Waals surface area contributed by atoms with Gasteiger partial charge in [-0.05, 0) is 23.6 Å². The maximum absolute atomic E-state index is 12.1. The molecule has 0 spiro atoms.